The highest BCUT2D eigenvalue weighted by atomic mass is 16.5. The van der Waals surface area contributed by atoms with Gasteiger partial charge < -0.3 is 19.7 Å². The zero-order valence-electron chi connectivity index (χ0n) is 14.7. The SMILES string of the molecule is COCCCN(CCOC)CC(C)(C)CNC(C)(C)C. The molecule has 20 heavy (non-hydrogen) atoms. The quantitative estimate of drug-likeness (QED) is 0.592. The number of methoxy groups -OCH3 is 2. The molecule has 0 atom stereocenters. The van der Waals surface area contributed by atoms with Crippen molar-refractivity contribution >= 4 is 0 Å². The van der Waals surface area contributed by atoms with Crippen LogP contribution < -0.4 is 5.32 Å². The van der Waals surface area contributed by atoms with Crippen molar-refractivity contribution in [2.24, 2.45) is 5.41 Å². The van der Waals surface area contributed by atoms with E-state index in [-0.39, 0.29) is 11.0 Å². The molecule has 4 heteroatoms. The summed E-state index contributed by atoms with van der Waals surface area (Å²) in [5.74, 6) is 0. The first kappa shape index (κ1) is 19.8. The fourth-order valence-corrected chi connectivity index (χ4v) is 2.09. The third-order valence-electron chi connectivity index (χ3n) is 3.18. The van der Waals surface area contributed by atoms with Crippen molar-refractivity contribution in [3.8, 4) is 0 Å². The van der Waals surface area contributed by atoms with Crippen LogP contribution >= 0.6 is 0 Å². The molecular weight excluding hydrogens is 252 g/mol. The Balaban J connectivity index is 4.28. The fourth-order valence-electron chi connectivity index (χ4n) is 2.09. The van der Waals surface area contributed by atoms with E-state index in [4.69, 9.17) is 9.47 Å². The standard InChI is InChI=1S/C16H36N2O2/c1-15(2,3)17-13-16(4,5)14-18(10-12-20-7)9-8-11-19-6/h17H,8-14H2,1-7H3. The lowest BCUT2D eigenvalue weighted by atomic mass is 9.91. The molecule has 122 valence electrons. The van der Waals surface area contributed by atoms with Gasteiger partial charge in [0, 0.05) is 52.5 Å². The number of hydrogen-bond acceptors (Lipinski definition) is 4. The van der Waals surface area contributed by atoms with Crippen LogP contribution in [0.25, 0.3) is 0 Å². The third-order valence-corrected chi connectivity index (χ3v) is 3.18. The van der Waals surface area contributed by atoms with E-state index in [0.717, 1.165) is 45.8 Å². The number of nitrogens with zero attached hydrogens (tertiary/aromatic N) is 1. The Labute approximate surface area is 126 Å². The molecule has 0 saturated carbocycles. The predicted molar refractivity (Wildman–Crippen MR) is 86.3 cm³/mol. The lowest BCUT2D eigenvalue weighted by Gasteiger charge is -2.35. The van der Waals surface area contributed by atoms with Gasteiger partial charge in [0.1, 0.15) is 0 Å². The Bertz CT molecular complexity index is 237. The van der Waals surface area contributed by atoms with E-state index in [1.807, 2.05) is 0 Å². The average Bonchev–Trinajstić information content (AvgIpc) is 2.33. The maximum absolute atomic E-state index is 5.22. The van der Waals surface area contributed by atoms with Crippen molar-refractivity contribution in [1.29, 1.82) is 0 Å². The summed E-state index contributed by atoms with van der Waals surface area (Å²) in [7, 11) is 3.52. The van der Waals surface area contributed by atoms with Crippen LogP contribution in [0.2, 0.25) is 0 Å². The van der Waals surface area contributed by atoms with Gasteiger partial charge in [-0.15, -0.1) is 0 Å². The summed E-state index contributed by atoms with van der Waals surface area (Å²) in [6, 6.07) is 0. The van der Waals surface area contributed by atoms with Gasteiger partial charge in [0.2, 0.25) is 0 Å². The third kappa shape index (κ3) is 11.6. The van der Waals surface area contributed by atoms with Crippen molar-refractivity contribution < 1.29 is 9.47 Å². The van der Waals surface area contributed by atoms with Gasteiger partial charge in [-0.2, -0.15) is 0 Å². The van der Waals surface area contributed by atoms with Gasteiger partial charge >= 0.3 is 0 Å². The van der Waals surface area contributed by atoms with E-state index in [1.165, 1.54) is 0 Å². The Morgan fingerprint density at radius 2 is 1.50 bits per heavy atom. The maximum Gasteiger partial charge on any atom is 0.0589 e. The van der Waals surface area contributed by atoms with Gasteiger partial charge in [-0.1, -0.05) is 13.8 Å². The van der Waals surface area contributed by atoms with Crippen LogP contribution in [0.4, 0.5) is 0 Å². The Morgan fingerprint density at radius 1 is 0.900 bits per heavy atom. The van der Waals surface area contributed by atoms with Crippen molar-refractivity contribution in [2.75, 3.05) is 53.6 Å². The van der Waals surface area contributed by atoms with Crippen LogP contribution in [0.1, 0.15) is 41.0 Å². The van der Waals surface area contributed by atoms with Gasteiger partial charge in [0.15, 0.2) is 0 Å². The second-order valence-electron chi connectivity index (χ2n) is 7.38. The number of ether oxygens (including phenoxy) is 2. The van der Waals surface area contributed by atoms with Gasteiger partial charge in [-0.05, 0) is 32.6 Å². The molecule has 0 aliphatic rings. The lowest BCUT2D eigenvalue weighted by Crippen LogP contribution is -2.47. The van der Waals surface area contributed by atoms with E-state index in [2.05, 4.69) is 44.8 Å². The molecule has 0 aromatic carbocycles. The van der Waals surface area contributed by atoms with Crippen molar-refractivity contribution in [2.45, 2.75) is 46.6 Å². The van der Waals surface area contributed by atoms with Crippen LogP contribution in [0.3, 0.4) is 0 Å². The molecule has 0 aliphatic carbocycles. The largest absolute Gasteiger partial charge is 0.385 e. The topological polar surface area (TPSA) is 33.7 Å². The molecular formula is C16H36N2O2. The monoisotopic (exact) mass is 288 g/mol. The average molecular weight is 288 g/mol. The Hall–Kier alpha value is -0.160. The molecule has 1 N–H and O–H groups in total. The highest BCUT2D eigenvalue weighted by molar-refractivity contribution is 4.81. The summed E-state index contributed by atoms with van der Waals surface area (Å²) in [5.41, 5.74) is 0.415. The van der Waals surface area contributed by atoms with Crippen molar-refractivity contribution in [1.82, 2.24) is 10.2 Å². The summed E-state index contributed by atoms with van der Waals surface area (Å²) in [6.07, 6.45) is 1.07. The van der Waals surface area contributed by atoms with E-state index in [0.29, 0.717) is 0 Å². The van der Waals surface area contributed by atoms with Crippen molar-refractivity contribution in [3.05, 3.63) is 0 Å². The minimum atomic E-state index is 0.171. The molecule has 0 bridgehead atoms. The van der Waals surface area contributed by atoms with Crippen LogP contribution in [-0.2, 0) is 9.47 Å². The zero-order chi connectivity index (χ0) is 15.6. The molecule has 0 spiro atoms. The number of rotatable bonds is 11. The van der Waals surface area contributed by atoms with Gasteiger partial charge in [-0.25, -0.2) is 0 Å². The molecule has 0 fully saturated rings. The summed E-state index contributed by atoms with van der Waals surface area (Å²) in [5, 5.41) is 3.61. The highest BCUT2D eigenvalue weighted by Gasteiger charge is 2.23. The van der Waals surface area contributed by atoms with Crippen LogP contribution in [0, 0.1) is 5.41 Å². The maximum atomic E-state index is 5.22. The van der Waals surface area contributed by atoms with E-state index < -0.39 is 0 Å². The molecule has 0 heterocycles. The second kappa shape index (κ2) is 9.72. The summed E-state index contributed by atoms with van der Waals surface area (Å²) in [6.45, 7) is 17.0. The number of hydrogen-bond donors (Lipinski definition) is 1. The van der Waals surface area contributed by atoms with E-state index in [9.17, 15) is 0 Å². The Morgan fingerprint density at radius 3 is 2.00 bits per heavy atom. The molecule has 0 radical (unpaired) electrons. The van der Waals surface area contributed by atoms with Gasteiger partial charge in [0.05, 0.1) is 6.61 Å². The van der Waals surface area contributed by atoms with Crippen LogP contribution in [0.15, 0.2) is 0 Å². The first-order valence-corrected chi connectivity index (χ1v) is 7.65. The molecule has 0 unspecified atom stereocenters. The summed E-state index contributed by atoms with van der Waals surface area (Å²) in [4.78, 5) is 2.48. The first-order valence-electron chi connectivity index (χ1n) is 7.65. The summed E-state index contributed by atoms with van der Waals surface area (Å²) >= 11 is 0. The molecule has 4 nitrogen and oxygen atoms in total. The first-order chi connectivity index (χ1) is 9.20. The smallest absolute Gasteiger partial charge is 0.0589 e. The molecule has 0 aromatic heterocycles. The van der Waals surface area contributed by atoms with Crippen molar-refractivity contribution in [3.63, 3.8) is 0 Å². The highest BCUT2D eigenvalue weighted by Crippen LogP contribution is 2.17. The molecule has 0 aliphatic heterocycles. The minimum absolute atomic E-state index is 0.171. The second-order valence-corrected chi connectivity index (χ2v) is 7.38. The van der Waals surface area contributed by atoms with Gasteiger partial charge in [0.25, 0.3) is 0 Å². The lowest BCUT2D eigenvalue weighted by molar-refractivity contribution is 0.103. The van der Waals surface area contributed by atoms with E-state index >= 15 is 0 Å². The summed E-state index contributed by atoms with van der Waals surface area (Å²) < 4.78 is 10.4. The minimum Gasteiger partial charge on any atom is -0.385 e. The molecule has 0 saturated heterocycles. The van der Waals surface area contributed by atoms with Crippen LogP contribution in [0.5, 0.6) is 0 Å². The molecule has 0 rings (SSSR count). The predicted octanol–water partition coefficient (Wildman–Crippen LogP) is 2.39. The van der Waals surface area contributed by atoms with Crippen LogP contribution in [-0.4, -0.2) is 64.1 Å². The Kier molecular flexibility index (Phi) is 9.64. The molecule has 0 aromatic rings. The fraction of sp³-hybridized carbons (Fsp3) is 1.00. The van der Waals surface area contributed by atoms with E-state index in [1.54, 1.807) is 14.2 Å². The molecule has 0 amide bonds. The normalized spacial score (nSPS) is 13.2. The number of nitrogens with one attached hydrogen (secondary N) is 1. The van der Waals surface area contributed by atoms with Gasteiger partial charge in [-0.3, -0.25) is 0 Å². The zero-order valence-corrected chi connectivity index (χ0v) is 14.7.